The Labute approximate surface area is 88.3 Å². The molecule has 2 rings (SSSR count). The molecule has 0 fully saturated rings. The first-order valence-corrected chi connectivity index (χ1v) is 4.84. The number of nitrogens with two attached hydrogens (primary N) is 1. The quantitative estimate of drug-likeness (QED) is 0.821. The molecule has 0 aliphatic heterocycles. The van der Waals surface area contributed by atoms with Crippen molar-refractivity contribution < 1.29 is 4.74 Å². The number of aromatic nitrogens is 2. The minimum Gasteiger partial charge on any atom is -0.454 e. The highest BCUT2D eigenvalue weighted by atomic mass is 16.5. The van der Waals surface area contributed by atoms with Gasteiger partial charge in [-0.2, -0.15) is 5.10 Å². The summed E-state index contributed by atoms with van der Waals surface area (Å²) in [5.41, 5.74) is 5.42. The topological polar surface area (TPSA) is 53.1 Å². The van der Waals surface area contributed by atoms with E-state index in [1.54, 1.807) is 10.9 Å². The van der Waals surface area contributed by atoms with Gasteiger partial charge >= 0.3 is 0 Å². The van der Waals surface area contributed by atoms with E-state index in [1.165, 1.54) is 0 Å². The molecule has 1 aromatic carbocycles. The van der Waals surface area contributed by atoms with Crippen molar-refractivity contribution in [3.63, 3.8) is 0 Å². The summed E-state index contributed by atoms with van der Waals surface area (Å²) >= 11 is 0. The Bertz CT molecular complexity index is 411. The van der Waals surface area contributed by atoms with Gasteiger partial charge in [0.25, 0.3) is 0 Å². The molecule has 4 heteroatoms. The van der Waals surface area contributed by atoms with Gasteiger partial charge in [-0.1, -0.05) is 18.2 Å². The minimum absolute atomic E-state index is 0.576. The first kappa shape index (κ1) is 9.73. The van der Waals surface area contributed by atoms with Crippen molar-refractivity contribution in [3.05, 3.63) is 42.7 Å². The molecule has 0 radical (unpaired) electrons. The van der Waals surface area contributed by atoms with E-state index in [-0.39, 0.29) is 0 Å². The van der Waals surface area contributed by atoms with Crippen LogP contribution in [-0.4, -0.2) is 16.3 Å². The highest BCUT2D eigenvalue weighted by Crippen LogP contribution is 2.19. The Kier molecular flexibility index (Phi) is 2.99. The van der Waals surface area contributed by atoms with E-state index in [2.05, 4.69) is 5.10 Å². The Hall–Kier alpha value is -1.81. The van der Waals surface area contributed by atoms with Gasteiger partial charge in [0.15, 0.2) is 5.75 Å². The summed E-state index contributed by atoms with van der Waals surface area (Å²) in [7, 11) is 0. The van der Waals surface area contributed by atoms with Gasteiger partial charge < -0.3 is 10.5 Å². The summed E-state index contributed by atoms with van der Waals surface area (Å²) in [6.07, 6.45) is 3.52. The largest absolute Gasteiger partial charge is 0.454 e. The molecule has 2 N–H and O–H groups in total. The number of para-hydroxylation sites is 1. The average molecular weight is 203 g/mol. The highest BCUT2D eigenvalue weighted by molar-refractivity contribution is 5.27. The van der Waals surface area contributed by atoms with Gasteiger partial charge in [0.05, 0.1) is 18.9 Å². The van der Waals surface area contributed by atoms with Gasteiger partial charge in [-0.05, 0) is 12.1 Å². The number of hydrogen-bond donors (Lipinski definition) is 1. The van der Waals surface area contributed by atoms with Gasteiger partial charge in [0.2, 0.25) is 0 Å². The molecule has 78 valence electrons. The fraction of sp³-hybridized carbons (Fsp3) is 0.182. The number of rotatable bonds is 4. The molecule has 4 nitrogen and oxygen atoms in total. The third-order valence-electron chi connectivity index (χ3n) is 1.95. The molecule has 0 unspecified atom stereocenters. The summed E-state index contributed by atoms with van der Waals surface area (Å²) in [5.74, 6) is 1.54. The predicted molar refractivity (Wildman–Crippen MR) is 57.8 cm³/mol. The molecule has 0 bridgehead atoms. The van der Waals surface area contributed by atoms with Crippen LogP contribution in [-0.2, 0) is 6.54 Å². The molecule has 1 aromatic heterocycles. The van der Waals surface area contributed by atoms with Crippen LogP contribution in [0.15, 0.2) is 42.7 Å². The maximum Gasteiger partial charge on any atom is 0.165 e. The van der Waals surface area contributed by atoms with Crippen LogP contribution in [0.1, 0.15) is 0 Å². The van der Waals surface area contributed by atoms with Crippen LogP contribution in [0.25, 0.3) is 0 Å². The predicted octanol–water partition coefficient (Wildman–Crippen LogP) is 1.63. The molecule has 15 heavy (non-hydrogen) atoms. The highest BCUT2D eigenvalue weighted by Gasteiger charge is 1.99. The second-order valence-electron chi connectivity index (χ2n) is 3.14. The fourth-order valence-corrected chi connectivity index (χ4v) is 1.28. The van der Waals surface area contributed by atoms with E-state index >= 15 is 0 Å². The molecule has 0 atom stereocenters. The lowest BCUT2D eigenvalue weighted by molar-refractivity contribution is 0.481. The van der Waals surface area contributed by atoms with E-state index < -0.39 is 0 Å². The second kappa shape index (κ2) is 4.61. The Balaban J connectivity index is 2.05. The van der Waals surface area contributed by atoms with Crippen molar-refractivity contribution in [3.8, 4) is 11.5 Å². The van der Waals surface area contributed by atoms with E-state index in [0.717, 1.165) is 11.5 Å². The minimum atomic E-state index is 0.576. The Morgan fingerprint density at radius 1 is 1.20 bits per heavy atom. The molecule has 0 aliphatic rings. The van der Waals surface area contributed by atoms with Crippen molar-refractivity contribution in [2.45, 2.75) is 6.54 Å². The average Bonchev–Trinajstić information content (AvgIpc) is 2.68. The zero-order valence-electron chi connectivity index (χ0n) is 8.34. The van der Waals surface area contributed by atoms with Crippen LogP contribution in [0, 0.1) is 0 Å². The van der Waals surface area contributed by atoms with Gasteiger partial charge in [-0.3, -0.25) is 4.68 Å². The monoisotopic (exact) mass is 203 g/mol. The van der Waals surface area contributed by atoms with Crippen LogP contribution >= 0.6 is 0 Å². The van der Waals surface area contributed by atoms with Crippen molar-refractivity contribution in [2.24, 2.45) is 5.73 Å². The molecule has 0 amide bonds. The molecule has 0 saturated carbocycles. The Morgan fingerprint density at radius 2 is 2.00 bits per heavy atom. The lowest BCUT2D eigenvalue weighted by Crippen LogP contribution is -2.09. The fourth-order valence-electron chi connectivity index (χ4n) is 1.28. The van der Waals surface area contributed by atoms with Crippen molar-refractivity contribution >= 4 is 0 Å². The zero-order chi connectivity index (χ0) is 10.5. The van der Waals surface area contributed by atoms with Crippen LogP contribution < -0.4 is 10.5 Å². The lowest BCUT2D eigenvalue weighted by Gasteiger charge is -2.00. The van der Waals surface area contributed by atoms with Gasteiger partial charge in [0, 0.05) is 6.54 Å². The molecule has 2 aromatic rings. The summed E-state index contributed by atoms with van der Waals surface area (Å²) in [6.45, 7) is 1.28. The van der Waals surface area contributed by atoms with E-state index in [1.807, 2.05) is 36.5 Å². The summed E-state index contributed by atoms with van der Waals surface area (Å²) in [4.78, 5) is 0. The number of ether oxygens (including phenoxy) is 1. The van der Waals surface area contributed by atoms with Crippen molar-refractivity contribution in [1.29, 1.82) is 0 Å². The van der Waals surface area contributed by atoms with Crippen LogP contribution in [0.4, 0.5) is 0 Å². The molecule has 0 aliphatic carbocycles. The maximum absolute atomic E-state index is 5.58. The molecular formula is C11H13N3O. The first-order chi connectivity index (χ1) is 7.38. The molecular weight excluding hydrogens is 190 g/mol. The SMILES string of the molecule is NCCn1cc(Oc2ccccc2)cn1. The summed E-state index contributed by atoms with van der Waals surface area (Å²) < 4.78 is 7.34. The second-order valence-corrected chi connectivity index (χ2v) is 3.14. The van der Waals surface area contributed by atoms with Crippen LogP contribution in [0.3, 0.4) is 0 Å². The van der Waals surface area contributed by atoms with Crippen LogP contribution in [0.2, 0.25) is 0 Å². The number of benzene rings is 1. The maximum atomic E-state index is 5.58. The number of hydrogen-bond acceptors (Lipinski definition) is 3. The normalized spacial score (nSPS) is 10.2. The van der Waals surface area contributed by atoms with Crippen molar-refractivity contribution in [2.75, 3.05) is 6.54 Å². The Morgan fingerprint density at radius 3 is 2.73 bits per heavy atom. The summed E-state index contributed by atoms with van der Waals surface area (Å²) in [5, 5.41) is 4.11. The molecule has 0 saturated heterocycles. The third-order valence-corrected chi connectivity index (χ3v) is 1.95. The van der Waals surface area contributed by atoms with Gasteiger partial charge in [-0.15, -0.1) is 0 Å². The third kappa shape index (κ3) is 2.57. The summed E-state index contributed by atoms with van der Waals surface area (Å²) in [6, 6.07) is 9.62. The van der Waals surface area contributed by atoms with E-state index in [0.29, 0.717) is 13.1 Å². The lowest BCUT2D eigenvalue weighted by atomic mass is 10.3. The molecule has 1 heterocycles. The van der Waals surface area contributed by atoms with E-state index in [9.17, 15) is 0 Å². The smallest absolute Gasteiger partial charge is 0.165 e. The van der Waals surface area contributed by atoms with Gasteiger partial charge in [-0.25, -0.2) is 0 Å². The van der Waals surface area contributed by atoms with Crippen LogP contribution in [0.5, 0.6) is 11.5 Å². The molecule has 0 spiro atoms. The van der Waals surface area contributed by atoms with E-state index in [4.69, 9.17) is 10.5 Å². The zero-order valence-corrected chi connectivity index (χ0v) is 8.34. The number of nitrogens with zero attached hydrogens (tertiary/aromatic N) is 2. The van der Waals surface area contributed by atoms with Gasteiger partial charge in [0.1, 0.15) is 5.75 Å². The standard InChI is InChI=1S/C11H13N3O/c12-6-7-14-9-11(8-13-14)15-10-4-2-1-3-5-10/h1-5,8-9H,6-7,12H2. The first-order valence-electron chi connectivity index (χ1n) is 4.84. The van der Waals surface area contributed by atoms with Crippen molar-refractivity contribution in [1.82, 2.24) is 9.78 Å².